The maximum Gasteiger partial charge on any atom is 0.246 e. The van der Waals surface area contributed by atoms with Gasteiger partial charge in [0.2, 0.25) is 10.0 Å². The molecular weight excluding hydrogens is 374 g/mol. The Balaban J connectivity index is 1.68. The Kier molecular flexibility index (Phi) is 6.78. The third-order valence-corrected chi connectivity index (χ3v) is 7.79. The zero-order valence-corrected chi connectivity index (χ0v) is 17.9. The Morgan fingerprint density at radius 3 is 2.96 bits per heavy atom. The van der Waals surface area contributed by atoms with E-state index in [1.165, 1.54) is 6.20 Å². The highest BCUT2D eigenvalue weighted by Gasteiger charge is 2.38. The third-order valence-electron chi connectivity index (χ3n) is 5.89. The van der Waals surface area contributed by atoms with Gasteiger partial charge in [0.05, 0.1) is 11.8 Å². The van der Waals surface area contributed by atoms with Crippen molar-refractivity contribution >= 4 is 15.7 Å². The highest BCUT2D eigenvalue weighted by Crippen LogP contribution is 2.33. The first kappa shape index (κ1) is 21.3. The molecule has 1 aromatic heterocycles. The van der Waals surface area contributed by atoms with Crippen molar-refractivity contribution in [3.05, 3.63) is 31.1 Å². The fourth-order valence-electron chi connectivity index (χ4n) is 4.15. The lowest BCUT2D eigenvalue weighted by Gasteiger charge is -2.24. The number of aromatic nitrogens is 1. The molecule has 0 aromatic carbocycles. The first-order chi connectivity index (χ1) is 13.3. The van der Waals surface area contributed by atoms with Gasteiger partial charge in [0.1, 0.15) is 4.90 Å². The van der Waals surface area contributed by atoms with E-state index in [1.54, 1.807) is 16.6 Å². The highest BCUT2D eigenvalue weighted by molar-refractivity contribution is 7.89. The van der Waals surface area contributed by atoms with E-state index in [0.29, 0.717) is 31.2 Å². The molecule has 0 bridgehead atoms. The van der Waals surface area contributed by atoms with Crippen LogP contribution in [0.4, 0.5) is 5.69 Å². The Morgan fingerprint density at radius 1 is 1.43 bits per heavy atom. The Labute approximate surface area is 169 Å². The Morgan fingerprint density at radius 2 is 2.25 bits per heavy atom. The van der Waals surface area contributed by atoms with Gasteiger partial charge in [-0.1, -0.05) is 19.9 Å². The average Bonchev–Trinajstić information content (AvgIpc) is 3.33. The first-order valence-electron chi connectivity index (χ1n) is 10.2. The van der Waals surface area contributed by atoms with E-state index < -0.39 is 10.0 Å². The second-order valence-corrected chi connectivity index (χ2v) is 10.6. The molecule has 3 heterocycles. The van der Waals surface area contributed by atoms with E-state index >= 15 is 0 Å². The van der Waals surface area contributed by atoms with Gasteiger partial charge in [-0.15, -0.1) is 6.58 Å². The number of anilines is 1. The lowest BCUT2D eigenvalue weighted by Crippen LogP contribution is -2.31. The van der Waals surface area contributed by atoms with Gasteiger partial charge in [-0.05, 0) is 43.6 Å². The predicted octanol–water partition coefficient (Wildman–Crippen LogP) is 3.68. The molecule has 1 aromatic rings. The molecule has 0 saturated carbocycles. The number of nitrogens with one attached hydrogen (secondary N) is 1. The summed E-state index contributed by atoms with van der Waals surface area (Å²) in [6, 6.07) is 1.75. The zero-order valence-electron chi connectivity index (χ0n) is 17.1. The third kappa shape index (κ3) is 4.93. The van der Waals surface area contributed by atoms with Crippen LogP contribution in [0.3, 0.4) is 0 Å². The number of hydrogen-bond acceptors (Lipinski definition) is 5. The number of sulfonamides is 1. The van der Waals surface area contributed by atoms with Crippen LogP contribution < -0.4 is 5.32 Å². The maximum atomic E-state index is 13.3. The fourth-order valence-corrected chi connectivity index (χ4v) is 5.77. The molecule has 0 aliphatic carbocycles. The molecule has 156 valence electrons. The van der Waals surface area contributed by atoms with Crippen molar-refractivity contribution in [2.75, 3.05) is 31.6 Å². The number of hydrogen-bond donors (Lipinski definition) is 1. The van der Waals surface area contributed by atoms with Gasteiger partial charge in [0.25, 0.3) is 0 Å². The van der Waals surface area contributed by atoms with Crippen molar-refractivity contribution in [3.8, 4) is 0 Å². The van der Waals surface area contributed by atoms with Crippen molar-refractivity contribution in [3.63, 3.8) is 0 Å². The van der Waals surface area contributed by atoms with Gasteiger partial charge < -0.3 is 10.1 Å². The second-order valence-electron chi connectivity index (χ2n) is 8.67. The van der Waals surface area contributed by atoms with E-state index in [0.717, 1.165) is 38.7 Å². The smallest absolute Gasteiger partial charge is 0.246 e. The van der Waals surface area contributed by atoms with Crippen LogP contribution in [0.25, 0.3) is 0 Å². The number of allylic oxidation sites excluding steroid dienone is 1. The molecule has 1 N–H and O–H groups in total. The van der Waals surface area contributed by atoms with Gasteiger partial charge >= 0.3 is 0 Å². The van der Waals surface area contributed by atoms with Gasteiger partial charge in [0, 0.05) is 44.6 Å². The van der Waals surface area contributed by atoms with E-state index in [4.69, 9.17) is 4.74 Å². The van der Waals surface area contributed by atoms with E-state index in [-0.39, 0.29) is 16.4 Å². The first-order valence-corrected chi connectivity index (χ1v) is 11.7. The standard InChI is InChI=1S/C21H33N3O3S/c1-4-9-21(2,3)10-12-23-18-7-11-22-15-20(18)28(25,26)24-13-8-17(16-24)19-6-5-14-27-19/h4,7,11,15,17,19H,1,5-6,8-10,12-14,16H2,2-3H3,(H,22,23). The fraction of sp³-hybridized carbons (Fsp3) is 0.667. The molecule has 28 heavy (non-hydrogen) atoms. The van der Waals surface area contributed by atoms with Gasteiger partial charge in [-0.2, -0.15) is 4.31 Å². The minimum absolute atomic E-state index is 0.129. The summed E-state index contributed by atoms with van der Waals surface area (Å²) < 4.78 is 33.9. The monoisotopic (exact) mass is 407 g/mol. The summed E-state index contributed by atoms with van der Waals surface area (Å²) in [6.45, 7) is 10.8. The van der Waals surface area contributed by atoms with E-state index in [2.05, 4.69) is 30.7 Å². The molecule has 2 saturated heterocycles. The predicted molar refractivity (Wildman–Crippen MR) is 112 cm³/mol. The molecule has 7 heteroatoms. The highest BCUT2D eigenvalue weighted by atomic mass is 32.2. The Hall–Kier alpha value is -1.44. The summed E-state index contributed by atoms with van der Waals surface area (Å²) in [5.74, 6) is 0.296. The van der Waals surface area contributed by atoms with Crippen LogP contribution in [-0.2, 0) is 14.8 Å². The molecule has 2 aliphatic heterocycles. The van der Waals surface area contributed by atoms with Crippen molar-refractivity contribution < 1.29 is 13.2 Å². The lowest BCUT2D eigenvalue weighted by molar-refractivity contribution is 0.0682. The number of pyridine rings is 1. The minimum atomic E-state index is -3.57. The number of rotatable bonds is 9. The van der Waals surface area contributed by atoms with Gasteiger partial charge in [-0.25, -0.2) is 8.42 Å². The summed E-state index contributed by atoms with van der Waals surface area (Å²) in [7, 11) is -3.57. The molecule has 0 amide bonds. The largest absolute Gasteiger partial charge is 0.384 e. The molecule has 0 spiro atoms. The molecule has 2 fully saturated rings. The van der Waals surface area contributed by atoms with Crippen LogP contribution in [0, 0.1) is 11.3 Å². The summed E-state index contributed by atoms with van der Waals surface area (Å²) in [5, 5.41) is 3.32. The maximum absolute atomic E-state index is 13.3. The van der Waals surface area contributed by atoms with Crippen LogP contribution >= 0.6 is 0 Å². The van der Waals surface area contributed by atoms with Gasteiger partial charge in [-0.3, -0.25) is 4.98 Å². The van der Waals surface area contributed by atoms with Crippen LogP contribution in [-0.4, -0.2) is 50.1 Å². The molecule has 6 nitrogen and oxygen atoms in total. The minimum Gasteiger partial charge on any atom is -0.384 e. The molecule has 2 atom stereocenters. The number of nitrogens with zero attached hydrogens (tertiary/aromatic N) is 2. The molecule has 2 unspecified atom stereocenters. The van der Waals surface area contributed by atoms with Gasteiger partial charge in [0.15, 0.2) is 0 Å². The quantitative estimate of drug-likeness (QED) is 0.632. The molecular formula is C21H33N3O3S. The van der Waals surface area contributed by atoms with Crippen LogP contribution in [0.15, 0.2) is 36.0 Å². The van der Waals surface area contributed by atoms with E-state index in [9.17, 15) is 8.42 Å². The van der Waals surface area contributed by atoms with Crippen molar-refractivity contribution in [2.45, 2.75) is 57.0 Å². The SMILES string of the molecule is C=CCC(C)(C)CCNc1ccncc1S(=O)(=O)N1CCC(C2CCCO2)C1. The van der Waals surface area contributed by atoms with Crippen LogP contribution in [0.2, 0.25) is 0 Å². The van der Waals surface area contributed by atoms with Crippen molar-refractivity contribution in [1.29, 1.82) is 0 Å². The second kappa shape index (κ2) is 8.93. The molecule has 2 aliphatic rings. The summed E-state index contributed by atoms with van der Waals surface area (Å²) in [5.41, 5.74) is 0.759. The topological polar surface area (TPSA) is 71.5 Å². The molecule has 3 rings (SSSR count). The Bertz CT molecular complexity index is 773. The molecule has 0 radical (unpaired) electrons. The summed E-state index contributed by atoms with van der Waals surface area (Å²) in [6.07, 6.45) is 10.1. The lowest BCUT2D eigenvalue weighted by atomic mass is 9.86. The number of ether oxygens (including phenoxy) is 1. The van der Waals surface area contributed by atoms with Crippen molar-refractivity contribution in [2.24, 2.45) is 11.3 Å². The normalized spacial score (nSPS) is 23.8. The zero-order chi connectivity index (χ0) is 20.2. The summed E-state index contributed by atoms with van der Waals surface area (Å²) in [4.78, 5) is 4.35. The summed E-state index contributed by atoms with van der Waals surface area (Å²) >= 11 is 0. The van der Waals surface area contributed by atoms with E-state index in [1.807, 2.05) is 6.08 Å². The van der Waals surface area contributed by atoms with Crippen LogP contribution in [0.5, 0.6) is 0 Å². The van der Waals surface area contributed by atoms with Crippen LogP contribution in [0.1, 0.15) is 46.0 Å². The van der Waals surface area contributed by atoms with Crippen molar-refractivity contribution in [1.82, 2.24) is 9.29 Å². The average molecular weight is 408 g/mol.